The summed E-state index contributed by atoms with van der Waals surface area (Å²) in [6, 6.07) is 37.2. The molecule has 0 aliphatic rings. The zero-order valence-electron chi connectivity index (χ0n) is 31.8. The molecule has 0 aliphatic heterocycles. The molecule has 0 fully saturated rings. The van der Waals surface area contributed by atoms with Gasteiger partial charge in [-0.05, 0) is 96.8 Å². The molecule has 7 rings (SSSR count). The number of rotatable bonds is 8. The predicted octanol–water partition coefficient (Wildman–Crippen LogP) is 11.9. The molecule has 5 nitrogen and oxygen atoms in total. The van der Waals surface area contributed by atoms with Crippen LogP contribution < -0.4 is 4.74 Å². The summed E-state index contributed by atoms with van der Waals surface area (Å²) < 4.78 is 10.9. The molecule has 0 bridgehead atoms. The zero-order chi connectivity index (χ0) is 36.1. The molecule has 3 heterocycles. The molecule has 4 aromatic carbocycles. The minimum atomic E-state index is 0. The van der Waals surface area contributed by atoms with Crippen molar-refractivity contribution in [2.75, 3.05) is 0 Å². The molecule has 7 aromatic rings. The van der Waals surface area contributed by atoms with Crippen molar-refractivity contribution in [2.24, 2.45) is 10.8 Å². The van der Waals surface area contributed by atoms with Crippen LogP contribution in [0.5, 0.6) is 11.5 Å². The fourth-order valence-corrected chi connectivity index (χ4v) is 7.07. The van der Waals surface area contributed by atoms with Crippen molar-refractivity contribution in [3.8, 4) is 34.1 Å². The van der Waals surface area contributed by atoms with E-state index in [-0.39, 0.29) is 31.9 Å². The topological polar surface area (TPSA) is 44.9 Å². The summed E-state index contributed by atoms with van der Waals surface area (Å²) in [4.78, 5) is 4.80. The van der Waals surface area contributed by atoms with Gasteiger partial charge in [-0.1, -0.05) is 89.5 Å². The second-order valence-electron chi connectivity index (χ2n) is 16.4. The number of ether oxygens (including phenoxy) is 1. The quantitative estimate of drug-likeness (QED) is 0.143. The number of aryl methyl sites for hydroxylation is 3. The van der Waals surface area contributed by atoms with Crippen LogP contribution in [-0.4, -0.2) is 19.3 Å². The van der Waals surface area contributed by atoms with Crippen LogP contribution in [0.15, 0.2) is 91.1 Å². The summed E-state index contributed by atoms with van der Waals surface area (Å²) in [5.74, 6) is 2.13. The molecule has 0 N–H and O–H groups in total. The summed E-state index contributed by atoms with van der Waals surface area (Å²) in [6.07, 6.45) is 4.91. The van der Waals surface area contributed by atoms with Gasteiger partial charge < -0.3 is 9.30 Å². The molecule has 0 aliphatic carbocycles. The monoisotopic (exact) mass is 867 g/mol. The first-order valence-electron chi connectivity index (χ1n) is 18.0. The first-order chi connectivity index (χ1) is 24.2. The Kier molecular flexibility index (Phi) is 10.4. The van der Waals surface area contributed by atoms with Gasteiger partial charge in [-0.15, -0.1) is 35.7 Å². The van der Waals surface area contributed by atoms with Crippen LogP contribution in [0, 0.1) is 43.7 Å². The molecular weight excluding hydrogens is 820 g/mol. The van der Waals surface area contributed by atoms with E-state index in [4.69, 9.17) is 14.8 Å². The number of pyridine rings is 1. The molecule has 0 saturated heterocycles. The number of nitrogens with zero attached hydrogens (tertiary/aromatic N) is 4. The summed E-state index contributed by atoms with van der Waals surface area (Å²) in [5.41, 5.74) is 11.3. The number of benzene rings is 4. The van der Waals surface area contributed by atoms with Crippen LogP contribution in [0.1, 0.15) is 76.0 Å². The number of hydrogen-bond donors (Lipinski definition) is 0. The van der Waals surface area contributed by atoms with Crippen LogP contribution in [-0.2, 0) is 33.9 Å². The largest absolute Gasteiger partial charge is 2.00 e. The van der Waals surface area contributed by atoms with Crippen molar-refractivity contribution in [1.82, 2.24) is 19.3 Å². The van der Waals surface area contributed by atoms with Crippen molar-refractivity contribution < 1.29 is 25.8 Å². The molecular formula is C46H48N4OPt. The average Bonchev–Trinajstić information content (AvgIpc) is 3.55. The van der Waals surface area contributed by atoms with Gasteiger partial charge in [0.2, 0.25) is 0 Å². The summed E-state index contributed by atoms with van der Waals surface area (Å²) >= 11 is 0. The Morgan fingerprint density at radius 3 is 2.21 bits per heavy atom. The standard InChI is InChI=1S/C46H48N4O.Pt/c1-30-20-22-47-43(23-30)49-41-18-15-33(19-21-45(4,5)6)26-40(41)39-17-16-37(28-42(39)49)51-38-25-34(29-46(7,8)9)24-36(27-38)50-32(3)44(31(2)48-50)35-13-11-10-12-14-35;/h10-18,20,22-26H,19,21,29H2,1-9H3;/q-2;+2. The van der Waals surface area contributed by atoms with Gasteiger partial charge in [0.05, 0.1) is 5.69 Å². The van der Waals surface area contributed by atoms with Gasteiger partial charge in [-0.2, -0.15) is 16.7 Å². The number of aromatic nitrogens is 4. The van der Waals surface area contributed by atoms with Gasteiger partial charge in [-0.3, -0.25) is 4.68 Å². The Morgan fingerprint density at radius 1 is 0.731 bits per heavy atom. The molecule has 0 spiro atoms. The molecule has 0 saturated carbocycles. The van der Waals surface area contributed by atoms with Crippen molar-refractivity contribution in [3.63, 3.8) is 0 Å². The molecule has 3 aromatic heterocycles. The zero-order valence-corrected chi connectivity index (χ0v) is 34.1. The minimum absolute atomic E-state index is 0. The van der Waals surface area contributed by atoms with Crippen molar-refractivity contribution in [1.29, 1.82) is 0 Å². The van der Waals surface area contributed by atoms with Crippen molar-refractivity contribution in [3.05, 3.63) is 131 Å². The number of hydrogen-bond acceptors (Lipinski definition) is 3. The maximum atomic E-state index is 6.69. The first kappa shape index (κ1) is 37.3. The van der Waals surface area contributed by atoms with Crippen molar-refractivity contribution >= 4 is 21.8 Å². The van der Waals surface area contributed by atoms with Gasteiger partial charge in [0.25, 0.3) is 0 Å². The SMILES string of the molecule is Cc1ccnc(-n2c3[c-]c(Oc4[c-]c(-n5nc(C)c(-c6ccccc6)c5C)cc(CC(C)(C)C)c4)ccc3c3cc(CCC(C)(C)C)ccc32)c1.[Pt+2]. The van der Waals surface area contributed by atoms with Gasteiger partial charge >= 0.3 is 21.1 Å². The van der Waals surface area contributed by atoms with Gasteiger partial charge in [0.1, 0.15) is 5.82 Å². The average molecular weight is 868 g/mol. The smallest absolute Gasteiger partial charge is 0.509 e. The summed E-state index contributed by atoms with van der Waals surface area (Å²) in [6.45, 7) is 20.0. The van der Waals surface area contributed by atoms with Crippen LogP contribution in [0.3, 0.4) is 0 Å². The summed E-state index contributed by atoms with van der Waals surface area (Å²) in [5, 5.41) is 7.33. The Bertz CT molecular complexity index is 2370. The van der Waals surface area contributed by atoms with E-state index in [1.165, 1.54) is 16.5 Å². The van der Waals surface area contributed by atoms with Crippen LogP contribution >= 0.6 is 0 Å². The normalized spacial score (nSPS) is 12.0. The van der Waals surface area contributed by atoms with E-state index in [1.807, 2.05) is 29.1 Å². The fraction of sp³-hybridized carbons (Fsp3) is 0.304. The molecule has 0 amide bonds. The van der Waals surface area contributed by atoms with E-state index in [2.05, 4.69) is 146 Å². The van der Waals surface area contributed by atoms with Crippen LogP contribution in [0.4, 0.5) is 0 Å². The van der Waals surface area contributed by atoms with E-state index < -0.39 is 0 Å². The van der Waals surface area contributed by atoms with E-state index in [9.17, 15) is 0 Å². The molecule has 6 heteroatoms. The van der Waals surface area contributed by atoms with Crippen LogP contribution in [0.2, 0.25) is 0 Å². The fourth-order valence-electron chi connectivity index (χ4n) is 7.07. The Labute approximate surface area is 323 Å². The maximum Gasteiger partial charge on any atom is 2.00 e. The molecule has 0 radical (unpaired) electrons. The predicted molar refractivity (Wildman–Crippen MR) is 210 cm³/mol. The third-order valence-electron chi connectivity index (χ3n) is 9.43. The third-order valence-corrected chi connectivity index (χ3v) is 9.43. The van der Waals surface area contributed by atoms with Crippen molar-refractivity contribution in [2.45, 2.75) is 81.6 Å². The Balaban J connectivity index is 0.00000464. The maximum absolute atomic E-state index is 6.69. The van der Waals surface area contributed by atoms with Gasteiger partial charge in [0, 0.05) is 34.5 Å². The number of fused-ring (bicyclic) bond motifs is 3. The molecule has 268 valence electrons. The second-order valence-corrected chi connectivity index (χ2v) is 16.4. The minimum Gasteiger partial charge on any atom is -0.509 e. The third kappa shape index (κ3) is 7.95. The molecule has 0 atom stereocenters. The molecule has 52 heavy (non-hydrogen) atoms. The second kappa shape index (κ2) is 14.5. The van der Waals surface area contributed by atoms with E-state index >= 15 is 0 Å². The summed E-state index contributed by atoms with van der Waals surface area (Å²) in [7, 11) is 0. The van der Waals surface area contributed by atoms with E-state index in [0.29, 0.717) is 11.5 Å². The van der Waals surface area contributed by atoms with Gasteiger partial charge in [-0.25, -0.2) is 4.98 Å². The van der Waals surface area contributed by atoms with E-state index in [0.717, 1.165) is 75.3 Å². The Morgan fingerprint density at radius 2 is 1.50 bits per heavy atom. The van der Waals surface area contributed by atoms with E-state index in [1.54, 1.807) is 0 Å². The van der Waals surface area contributed by atoms with Gasteiger partial charge in [0.15, 0.2) is 0 Å². The first-order valence-corrected chi connectivity index (χ1v) is 18.0. The van der Waals surface area contributed by atoms with Crippen LogP contribution in [0.25, 0.3) is 44.4 Å². The molecule has 0 unspecified atom stereocenters. The Hall–Kier alpha value is -4.47.